The van der Waals surface area contributed by atoms with E-state index in [-0.39, 0.29) is 5.91 Å². The molecular weight excluding hydrogens is 358 g/mol. The van der Waals surface area contributed by atoms with Gasteiger partial charge in [-0.2, -0.15) is 0 Å². The quantitative estimate of drug-likeness (QED) is 0.755. The summed E-state index contributed by atoms with van der Waals surface area (Å²) in [5.74, 6) is 0.325. The maximum atomic E-state index is 11.9. The molecule has 2 rings (SSSR count). The summed E-state index contributed by atoms with van der Waals surface area (Å²) in [6.07, 6.45) is 0. The number of halogens is 2. The van der Waals surface area contributed by atoms with Crippen molar-refractivity contribution in [1.29, 1.82) is 0 Å². The van der Waals surface area contributed by atoms with Gasteiger partial charge in [-0.25, -0.2) is 0 Å². The van der Waals surface area contributed by atoms with E-state index in [0.717, 1.165) is 20.6 Å². The lowest BCUT2D eigenvalue weighted by Gasteiger charge is -2.07. The minimum absolute atomic E-state index is 0.0437. The Balaban J connectivity index is 1.89. The Bertz CT molecular complexity index is 616. The van der Waals surface area contributed by atoms with E-state index in [9.17, 15) is 4.79 Å². The lowest BCUT2D eigenvalue weighted by Crippen LogP contribution is -2.13. The molecule has 2 aromatic carbocycles. The van der Waals surface area contributed by atoms with E-state index in [1.54, 1.807) is 6.07 Å². The van der Waals surface area contributed by atoms with Gasteiger partial charge in [0.2, 0.25) is 5.91 Å². The molecule has 0 fully saturated rings. The Labute approximate surface area is 136 Å². The van der Waals surface area contributed by atoms with Gasteiger partial charge in [-0.3, -0.25) is 4.79 Å². The van der Waals surface area contributed by atoms with Gasteiger partial charge in [-0.15, -0.1) is 11.8 Å². The molecule has 0 aliphatic rings. The average Bonchev–Trinajstić information content (AvgIpc) is 2.42. The number of rotatable bonds is 4. The van der Waals surface area contributed by atoms with Crippen LogP contribution in [-0.4, -0.2) is 11.7 Å². The minimum atomic E-state index is -0.0437. The Morgan fingerprint density at radius 3 is 2.60 bits per heavy atom. The number of hydrogen-bond donors (Lipinski definition) is 1. The molecule has 20 heavy (non-hydrogen) atoms. The van der Waals surface area contributed by atoms with Crippen molar-refractivity contribution in [2.45, 2.75) is 11.8 Å². The van der Waals surface area contributed by atoms with Crippen LogP contribution in [0.15, 0.2) is 51.8 Å². The number of thioether (sulfide) groups is 1. The van der Waals surface area contributed by atoms with Gasteiger partial charge >= 0.3 is 0 Å². The molecule has 1 amide bonds. The summed E-state index contributed by atoms with van der Waals surface area (Å²) in [6.45, 7) is 1.93. The summed E-state index contributed by atoms with van der Waals surface area (Å²) in [5, 5.41) is 3.49. The Kier molecular flexibility index (Phi) is 5.52. The smallest absolute Gasteiger partial charge is 0.234 e. The molecule has 0 heterocycles. The van der Waals surface area contributed by atoms with Gasteiger partial charge in [-0.1, -0.05) is 33.6 Å². The van der Waals surface area contributed by atoms with Crippen LogP contribution in [0, 0.1) is 6.92 Å². The van der Waals surface area contributed by atoms with Gasteiger partial charge in [-0.05, 0) is 48.9 Å². The molecule has 5 heteroatoms. The molecule has 2 aromatic rings. The van der Waals surface area contributed by atoms with Crippen molar-refractivity contribution in [3.05, 3.63) is 57.5 Å². The highest BCUT2D eigenvalue weighted by molar-refractivity contribution is 9.10. The number of carbonyl (C=O) groups excluding carboxylic acids is 1. The van der Waals surface area contributed by atoms with E-state index in [2.05, 4.69) is 21.2 Å². The third-order valence-corrected chi connectivity index (χ3v) is 4.59. The molecule has 0 saturated carbocycles. The van der Waals surface area contributed by atoms with E-state index in [4.69, 9.17) is 11.6 Å². The first-order valence-electron chi connectivity index (χ1n) is 5.99. The zero-order valence-electron chi connectivity index (χ0n) is 10.8. The second-order valence-electron chi connectivity index (χ2n) is 4.25. The van der Waals surface area contributed by atoms with Crippen molar-refractivity contribution >= 4 is 50.9 Å². The van der Waals surface area contributed by atoms with Crippen LogP contribution in [0.3, 0.4) is 0 Å². The van der Waals surface area contributed by atoms with Crippen LogP contribution >= 0.6 is 39.3 Å². The van der Waals surface area contributed by atoms with Crippen LogP contribution in [0.1, 0.15) is 5.56 Å². The third-order valence-electron chi connectivity index (χ3n) is 2.64. The lowest BCUT2D eigenvalue weighted by molar-refractivity contribution is -0.113. The third kappa shape index (κ3) is 4.54. The number of benzene rings is 2. The molecule has 0 radical (unpaired) electrons. The van der Waals surface area contributed by atoms with Crippen LogP contribution in [0.4, 0.5) is 5.69 Å². The summed E-state index contributed by atoms with van der Waals surface area (Å²) in [6, 6.07) is 13.4. The first-order chi connectivity index (χ1) is 9.54. The fourth-order valence-electron chi connectivity index (χ4n) is 1.55. The molecular formula is C15H13BrClNOS. The summed E-state index contributed by atoms with van der Waals surface area (Å²) in [4.78, 5) is 12.9. The van der Waals surface area contributed by atoms with Gasteiger partial charge < -0.3 is 5.32 Å². The van der Waals surface area contributed by atoms with Crippen molar-refractivity contribution in [3.63, 3.8) is 0 Å². The molecule has 0 spiro atoms. The zero-order valence-corrected chi connectivity index (χ0v) is 14.0. The molecule has 104 valence electrons. The van der Waals surface area contributed by atoms with Crippen LogP contribution < -0.4 is 5.32 Å². The van der Waals surface area contributed by atoms with E-state index in [1.807, 2.05) is 43.3 Å². The van der Waals surface area contributed by atoms with Gasteiger partial charge in [0.1, 0.15) is 0 Å². The molecule has 1 N–H and O–H groups in total. The van der Waals surface area contributed by atoms with Gasteiger partial charge in [0.25, 0.3) is 0 Å². The molecule has 0 aliphatic heterocycles. The predicted octanol–water partition coefficient (Wildman–Crippen LogP) is 5.14. The monoisotopic (exact) mass is 369 g/mol. The topological polar surface area (TPSA) is 29.1 Å². The number of hydrogen-bond acceptors (Lipinski definition) is 2. The second-order valence-corrected chi connectivity index (χ2v) is 6.63. The highest BCUT2D eigenvalue weighted by Crippen LogP contribution is 2.22. The molecule has 0 bridgehead atoms. The number of carbonyl (C=O) groups is 1. The summed E-state index contributed by atoms with van der Waals surface area (Å²) in [5.41, 5.74) is 1.72. The maximum absolute atomic E-state index is 11.9. The van der Waals surface area contributed by atoms with Crippen molar-refractivity contribution < 1.29 is 4.79 Å². The molecule has 0 atom stereocenters. The maximum Gasteiger partial charge on any atom is 0.234 e. The summed E-state index contributed by atoms with van der Waals surface area (Å²) in [7, 11) is 0. The fraction of sp³-hybridized carbons (Fsp3) is 0.133. The van der Waals surface area contributed by atoms with Crippen LogP contribution in [0.2, 0.25) is 5.02 Å². The number of amides is 1. The molecule has 2 nitrogen and oxygen atoms in total. The molecule has 0 saturated heterocycles. The number of anilines is 1. The van der Waals surface area contributed by atoms with Crippen LogP contribution in [0.25, 0.3) is 0 Å². The van der Waals surface area contributed by atoms with Gasteiger partial charge in [0.05, 0.1) is 5.75 Å². The van der Waals surface area contributed by atoms with Crippen molar-refractivity contribution in [1.82, 2.24) is 0 Å². The highest BCUT2D eigenvalue weighted by Gasteiger charge is 2.05. The zero-order chi connectivity index (χ0) is 14.5. The predicted molar refractivity (Wildman–Crippen MR) is 89.7 cm³/mol. The van der Waals surface area contributed by atoms with E-state index in [0.29, 0.717) is 10.8 Å². The second kappa shape index (κ2) is 7.16. The molecule has 0 aromatic heterocycles. The summed E-state index contributed by atoms with van der Waals surface area (Å²) >= 11 is 10.9. The number of aryl methyl sites for hydroxylation is 1. The van der Waals surface area contributed by atoms with E-state index in [1.165, 1.54) is 11.8 Å². The highest BCUT2D eigenvalue weighted by atomic mass is 79.9. The largest absolute Gasteiger partial charge is 0.325 e. The standard InChI is InChI=1S/C15H13BrClNOS/c1-10-2-5-12(8-14(10)17)18-15(19)9-20-13-6-3-11(16)4-7-13/h2-8H,9H2,1H3,(H,18,19). The van der Waals surface area contributed by atoms with Gasteiger partial charge in [0, 0.05) is 20.1 Å². The first kappa shape index (κ1) is 15.4. The Morgan fingerprint density at radius 1 is 1.25 bits per heavy atom. The Morgan fingerprint density at radius 2 is 1.95 bits per heavy atom. The number of nitrogens with one attached hydrogen (secondary N) is 1. The minimum Gasteiger partial charge on any atom is -0.325 e. The molecule has 0 unspecified atom stereocenters. The fourth-order valence-corrected chi connectivity index (χ4v) is 2.69. The van der Waals surface area contributed by atoms with Crippen LogP contribution in [-0.2, 0) is 4.79 Å². The summed E-state index contributed by atoms with van der Waals surface area (Å²) < 4.78 is 1.03. The normalized spacial score (nSPS) is 10.3. The average molecular weight is 371 g/mol. The molecule has 0 aliphatic carbocycles. The van der Waals surface area contributed by atoms with Crippen LogP contribution in [0.5, 0.6) is 0 Å². The van der Waals surface area contributed by atoms with Gasteiger partial charge in [0.15, 0.2) is 0 Å². The lowest BCUT2D eigenvalue weighted by atomic mass is 10.2. The van der Waals surface area contributed by atoms with E-state index < -0.39 is 0 Å². The Hall–Kier alpha value is -0.970. The van der Waals surface area contributed by atoms with Crippen molar-refractivity contribution in [3.8, 4) is 0 Å². The van der Waals surface area contributed by atoms with E-state index >= 15 is 0 Å². The SMILES string of the molecule is Cc1ccc(NC(=O)CSc2ccc(Br)cc2)cc1Cl. The van der Waals surface area contributed by atoms with Crippen molar-refractivity contribution in [2.75, 3.05) is 11.1 Å². The van der Waals surface area contributed by atoms with Crippen molar-refractivity contribution in [2.24, 2.45) is 0 Å². The first-order valence-corrected chi connectivity index (χ1v) is 8.14.